The molecule has 108 valence electrons. The molecule has 20 heavy (non-hydrogen) atoms. The van der Waals surface area contributed by atoms with Crippen molar-refractivity contribution in [2.75, 3.05) is 13.2 Å². The summed E-state index contributed by atoms with van der Waals surface area (Å²) < 4.78 is 44.6. The maximum atomic E-state index is 12.9. The van der Waals surface area contributed by atoms with Gasteiger partial charge in [-0.25, -0.2) is 0 Å². The van der Waals surface area contributed by atoms with Crippen molar-refractivity contribution in [2.24, 2.45) is 0 Å². The Morgan fingerprint density at radius 1 is 1.20 bits per heavy atom. The van der Waals surface area contributed by atoms with Crippen LogP contribution in [0.25, 0.3) is 0 Å². The highest BCUT2D eigenvalue weighted by atomic mass is 79.9. The second kappa shape index (κ2) is 4.96. The third-order valence-electron chi connectivity index (χ3n) is 3.40. The largest absolute Gasteiger partial charge is 0.432 e. The van der Waals surface area contributed by atoms with Gasteiger partial charge in [0, 0.05) is 10.7 Å². The molecule has 0 saturated carbocycles. The van der Waals surface area contributed by atoms with E-state index in [-0.39, 0.29) is 6.04 Å². The van der Waals surface area contributed by atoms with Crippen LogP contribution >= 0.6 is 15.9 Å². The summed E-state index contributed by atoms with van der Waals surface area (Å²) in [5.74, 6) is 0. The lowest BCUT2D eigenvalue weighted by Crippen LogP contribution is -2.48. The number of halogens is 4. The van der Waals surface area contributed by atoms with Crippen LogP contribution in [0.3, 0.4) is 0 Å². The van der Waals surface area contributed by atoms with E-state index in [9.17, 15) is 13.2 Å². The molecule has 3 rings (SSSR count). The van der Waals surface area contributed by atoms with Crippen LogP contribution in [-0.2, 0) is 4.74 Å². The average Bonchev–Trinajstić information content (AvgIpc) is 2.72. The van der Waals surface area contributed by atoms with E-state index in [0.29, 0.717) is 13.2 Å². The van der Waals surface area contributed by atoms with Crippen molar-refractivity contribution in [3.05, 3.63) is 46.2 Å². The molecule has 2 heterocycles. The number of hydrogen-bond acceptors (Lipinski definition) is 3. The van der Waals surface area contributed by atoms with Crippen LogP contribution in [0.2, 0.25) is 0 Å². The molecule has 1 aromatic carbocycles. The molecule has 1 unspecified atom stereocenters. The minimum atomic E-state index is -4.37. The molecular weight excluding hydrogens is 337 g/mol. The molecule has 1 fully saturated rings. The smallest absolute Gasteiger partial charge is 0.377 e. The SMILES string of the molecule is FC(F)(F)C1=CN(C2COC2)C(c2ccc(Br)cc2)N1. The molecule has 0 bridgehead atoms. The fraction of sp³-hybridized carbons (Fsp3) is 0.385. The van der Waals surface area contributed by atoms with Crippen molar-refractivity contribution in [1.29, 1.82) is 0 Å². The molecule has 0 spiro atoms. The van der Waals surface area contributed by atoms with Gasteiger partial charge in [0.1, 0.15) is 11.9 Å². The maximum Gasteiger partial charge on any atom is 0.432 e. The molecule has 2 aliphatic rings. The average molecular weight is 349 g/mol. The highest BCUT2D eigenvalue weighted by Gasteiger charge is 2.43. The standard InChI is InChI=1S/C13H12BrF3N2O/c14-9-3-1-8(2-4-9)12-18-11(13(15,16)17)5-19(12)10-6-20-7-10/h1-5,10,12,18H,6-7H2. The number of nitrogens with zero attached hydrogens (tertiary/aromatic N) is 1. The predicted molar refractivity (Wildman–Crippen MR) is 70.6 cm³/mol. The van der Waals surface area contributed by atoms with Crippen LogP contribution in [-0.4, -0.2) is 30.3 Å². The van der Waals surface area contributed by atoms with Crippen molar-refractivity contribution in [3.63, 3.8) is 0 Å². The fourth-order valence-corrected chi connectivity index (χ4v) is 2.51. The minimum Gasteiger partial charge on any atom is -0.377 e. The van der Waals surface area contributed by atoms with Crippen LogP contribution < -0.4 is 5.32 Å². The Hall–Kier alpha value is -1.21. The first-order valence-corrected chi connectivity index (χ1v) is 6.90. The van der Waals surface area contributed by atoms with E-state index < -0.39 is 18.0 Å². The van der Waals surface area contributed by atoms with Crippen molar-refractivity contribution in [3.8, 4) is 0 Å². The second-order valence-electron chi connectivity index (χ2n) is 4.78. The highest BCUT2D eigenvalue weighted by Crippen LogP contribution is 2.36. The molecule has 0 radical (unpaired) electrons. The molecule has 0 aliphatic carbocycles. The van der Waals surface area contributed by atoms with E-state index in [1.54, 1.807) is 17.0 Å². The Bertz CT molecular complexity index is 525. The van der Waals surface area contributed by atoms with Gasteiger partial charge < -0.3 is 15.0 Å². The molecule has 0 aromatic heterocycles. The molecule has 1 N–H and O–H groups in total. The van der Waals surface area contributed by atoms with Crippen molar-refractivity contribution in [2.45, 2.75) is 18.4 Å². The van der Waals surface area contributed by atoms with Gasteiger partial charge >= 0.3 is 6.18 Å². The number of nitrogens with one attached hydrogen (secondary N) is 1. The summed E-state index contributed by atoms with van der Waals surface area (Å²) in [6.45, 7) is 0.909. The summed E-state index contributed by atoms with van der Waals surface area (Å²) in [7, 11) is 0. The number of hydrogen-bond donors (Lipinski definition) is 1. The zero-order valence-electron chi connectivity index (χ0n) is 10.3. The summed E-state index contributed by atoms with van der Waals surface area (Å²) in [5.41, 5.74) is 0.0768. The van der Waals surface area contributed by atoms with Gasteiger partial charge in [-0.1, -0.05) is 28.1 Å². The van der Waals surface area contributed by atoms with E-state index in [1.165, 1.54) is 0 Å². The summed E-state index contributed by atoms with van der Waals surface area (Å²) >= 11 is 3.32. The summed E-state index contributed by atoms with van der Waals surface area (Å²) in [6.07, 6.45) is -3.72. The second-order valence-corrected chi connectivity index (χ2v) is 5.69. The van der Waals surface area contributed by atoms with Gasteiger partial charge in [0.2, 0.25) is 0 Å². The van der Waals surface area contributed by atoms with Gasteiger partial charge in [-0.2, -0.15) is 13.2 Å². The Labute approximate surface area is 122 Å². The predicted octanol–water partition coefficient (Wildman–Crippen LogP) is 3.16. The van der Waals surface area contributed by atoms with Gasteiger partial charge in [0.05, 0.1) is 19.3 Å². The Kier molecular flexibility index (Phi) is 3.41. The van der Waals surface area contributed by atoms with E-state index in [2.05, 4.69) is 21.2 Å². The van der Waals surface area contributed by atoms with Crippen LogP contribution in [0.15, 0.2) is 40.6 Å². The maximum absolute atomic E-state index is 12.9. The van der Waals surface area contributed by atoms with Crippen LogP contribution in [0.1, 0.15) is 11.7 Å². The first kappa shape index (κ1) is 13.8. The van der Waals surface area contributed by atoms with Gasteiger partial charge in [-0.05, 0) is 17.7 Å². The molecule has 7 heteroatoms. The molecule has 3 nitrogen and oxygen atoms in total. The van der Waals surface area contributed by atoms with Gasteiger partial charge in [0.25, 0.3) is 0 Å². The number of rotatable bonds is 2. The Balaban J connectivity index is 1.88. The number of benzene rings is 1. The number of ether oxygens (including phenoxy) is 1. The van der Waals surface area contributed by atoms with E-state index in [1.807, 2.05) is 12.1 Å². The summed E-state index contributed by atoms with van der Waals surface area (Å²) in [5, 5.41) is 2.56. The van der Waals surface area contributed by atoms with E-state index in [0.717, 1.165) is 16.2 Å². The Morgan fingerprint density at radius 3 is 2.35 bits per heavy atom. The molecule has 1 atom stereocenters. The van der Waals surface area contributed by atoms with Gasteiger partial charge in [0.15, 0.2) is 0 Å². The highest BCUT2D eigenvalue weighted by molar-refractivity contribution is 9.10. The lowest BCUT2D eigenvalue weighted by molar-refractivity contribution is -0.0964. The molecule has 2 aliphatic heterocycles. The topological polar surface area (TPSA) is 24.5 Å². The normalized spacial score (nSPS) is 23.3. The Morgan fingerprint density at radius 2 is 1.85 bits per heavy atom. The van der Waals surface area contributed by atoms with Crippen molar-refractivity contribution in [1.82, 2.24) is 10.2 Å². The van der Waals surface area contributed by atoms with Crippen molar-refractivity contribution >= 4 is 15.9 Å². The molecule has 0 amide bonds. The van der Waals surface area contributed by atoms with Crippen LogP contribution in [0, 0.1) is 0 Å². The van der Waals surface area contributed by atoms with E-state index in [4.69, 9.17) is 4.74 Å². The number of alkyl halides is 3. The quantitative estimate of drug-likeness (QED) is 0.888. The van der Waals surface area contributed by atoms with Crippen LogP contribution in [0.5, 0.6) is 0 Å². The third kappa shape index (κ3) is 2.52. The first-order valence-electron chi connectivity index (χ1n) is 6.11. The number of allylic oxidation sites excluding steroid dienone is 1. The lowest BCUT2D eigenvalue weighted by Gasteiger charge is -2.38. The van der Waals surface area contributed by atoms with Gasteiger partial charge in [-0.15, -0.1) is 0 Å². The lowest BCUT2D eigenvalue weighted by atomic mass is 10.1. The minimum absolute atomic E-state index is 0.0176. The first-order chi connectivity index (χ1) is 9.45. The zero-order valence-corrected chi connectivity index (χ0v) is 11.9. The molecule has 1 saturated heterocycles. The van der Waals surface area contributed by atoms with Gasteiger partial charge in [-0.3, -0.25) is 0 Å². The van der Waals surface area contributed by atoms with Crippen LogP contribution in [0.4, 0.5) is 13.2 Å². The van der Waals surface area contributed by atoms with Crippen molar-refractivity contribution < 1.29 is 17.9 Å². The third-order valence-corrected chi connectivity index (χ3v) is 3.93. The monoisotopic (exact) mass is 348 g/mol. The fourth-order valence-electron chi connectivity index (χ4n) is 2.25. The summed E-state index contributed by atoms with van der Waals surface area (Å²) in [4.78, 5) is 1.69. The zero-order chi connectivity index (χ0) is 14.3. The molecule has 1 aromatic rings. The van der Waals surface area contributed by atoms with E-state index >= 15 is 0 Å². The molecular formula is C13H12BrF3N2O. The summed E-state index contributed by atoms with van der Waals surface area (Å²) in [6, 6.07) is 7.23.